The van der Waals surface area contributed by atoms with E-state index in [1.165, 1.54) is 4.90 Å². The van der Waals surface area contributed by atoms with E-state index in [1.807, 2.05) is 55.5 Å². The van der Waals surface area contributed by atoms with Crippen molar-refractivity contribution >= 4 is 35.2 Å². The number of likely N-dealkylation sites (tertiary alicyclic amines) is 1. The molecule has 0 spiro atoms. The molecular formula is C29H32ClN3O4. The lowest BCUT2D eigenvalue weighted by atomic mass is 9.85. The summed E-state index contributed by atoms with van der Waals surface area (Å²) >= 11 is 6.20. The maximum absolute atomic E-state index is 13.7. The lowest BCUT2D eigenvalue weighted by Gasteiger charge is -2.32. The van der Waals surface area contributed by atoms with Crippen molar-refractivity contribution in [3.05, 3.63) is 82.9 Å². The number of hydrogen-bond acceptors (Lipinski definition) is 4. The minimum absolute atomic E-state index is 0.00298. The van der Waals surface area contributed by atoms with Gasteiger partial charge >= 0.3 is 0 Å². The zero-order valence-electron chi connectivity index (χ0n) is 20.9. The molecule has 0 aromatic heterocycles. The number of imide groups is 1. The summed E-state index contributed by atoms with van der Waals surface area (Å²) in [6.07, 6.45) is 5.25. The summed E-state index contributed by atoms with van der Waals surface area (Å²) in [5, 5.41) is 3.39. The number of allylic oxidation sites excluding steroid dienone is 2. The van der Waals surface area contributed by atoms with Crippen molar-refractivity contribution in [1.82, 2.24) is 15.1 Å². The number of hydrogen-bond donors (Lipinski definition) is 1. The number of nitrogens with one attached hydrogen (secondary N) is 1. The quantitative estimate of drug-likeness (QED) is 0.381. The van der Waals surface area contributed by atoms with Crippen LogP contribution in [-0.2, 0) is 32.1 Å². The molecular weight excluding hydrogens is 490 g/mol. The smallest absolute Gasteiger partial charge is 0.243 e. The second-order valence-electron chi connectivity index (χ2n) is 9.49. The number of likely N-dealkylation sites (N-methyl/N-ethyl adjacent to an activating group) is 1. The van der Waals surface area contributed by atoms with E-state index in [9.17, 15) is 19.2 Å². The molecule has 37 heavy (non-hydrogen) atoms. The normalized spacial score (nSPS) is 19.5. The molecule has 2 aromatic carbocycles. The van der Waals surface area contributed by atoms with E-state index < -0.39 is 6.04 Å². The first-order chi connectivity index (χ1) is 17.9. The molecule has 2 aromatic rings. The van der Waals surface area contributed by atoms with E-state index in [0.717, 1.165) is 11.1 Å². The molecule has 7 nitrogen and oxygen atoms in total. The molecule has 1 aliphatic heterocycles. The number of fused-ring (bicyclic) bond motifs is 1. The number of amides is 4. The Bertz CT molecular complexity index is 1160. The lowest BCUT2D eigenvalue weighted by molar-refractivity contribution is -0.144. The van der Waals surface area contributed by atoms with Crippen LogP contribution in [0.5, 0.6) is 0 Å². The number of rotatable bonds is 10. The first-order valence-corrected chi connectivity index (χ1v) is 13.1. The van der Waals surface area contributed by atoms with Gasteiger partial charge in [-0.3, -0.25) is 24.1 Å². The minimum atomic E-state index is -0.773. The maximum Gasteiger partial charge on any atom is 0.243 e. The summed E-state index contributed by atoms with van der Waals surface area (Å²) in [7, 11) is 0. The van der Waals surface area contributed by atoms with Gasteiger partial charge in [0.1, 0.15) is 6.04 Å². The van der Waals surface area contributed by atoms with Crippen LogP contribution in [0.4, 0.5) is 0 Å². The van der Waals surface area contributed by atoms with Gasteiger partial charge in [-0.2, -0.15) is 0 Å². The summed E-state index contributed by atoms with van der Waals surface area (Å²) in [4.78, 5) is 55.5. The van der Waals surface area contributed by atoms with Crippen LogP contribution < -0.4 is 5.32 Å². The highest BCUT2D eigenvalue weighted by molar-refractivity contribution is 6.30. The SMILES string of the molecule is CCNC(=O)[C@H](Cc1ccccc1)N(Cc1cccc(Cl)c1)C(=O)CCN1C(=O)[C@H]2CC=CC[C@H]2C1=O. The van der Waals surface area contributed by atoms with E-state index in [-0.39, 0.29) is 55.0 Å². The van der Waals surface area contributed by atoms with Gasteiger partial charge in [0.05, 0.1) is 11.8 Å². The van der Waals surface area contributed by atoms with Crippen LogP contribution in [-0.4, -0.2) is 52.6 Å². The Balaban J connectivity index is 1.57. The van der Waals surface area contributed by atoms with Crippen LogP contribution in [0.15, 0.2) is 66.7 Å². The van der Waals surface area contributed by atoms with E-state index in [1.54, 1.807) is 23.1 Å². The standard InChI is InChI=1S/C29H32ClN3O4/c1-2-31-27(35)25(18-20-9-4-3-5-10-20)33(19-21-11-8-12-22(30)17-21)26(34)15-16-32-28(36)23-13-6-7-14-24(23)29(32)37/h3-12,17,23-25H,2,13-16,18-19H2,1H3,(H,31,35)/t23-,24+,25-/m0/s1. The average molecular weight is 522 g/mol. The van der Waals surface area contributed by atoms with E-state index in [4.69, 9.17) is 11.6 Å². The Kier molecular flexibility index (Phi) is 8.77. The summed E-state index contributed by atoms with van der Waals surface area (Å²) in [5.41, 5.74) is 1.71. The molecule has 0 radical (unpaired) electrons. The van der Waals surface area contributed by atoms with Gasteiger partial charge in [-0.15, -0.1) is 0 Å². The number of benzene rings is 2. The lowest BCUT2D eigenvalue weighted by Crippen LogP contribution is -2.51. The predicted octanol–water partition coefficient (Wildman–Crippen LogP) is 3.76. The van der Waals surface area contributed by atoms with Crippen molar-refractivity contribution in [1.29, 1.82) is 0 Å². The first-order valence-electron chi connectivity index (χ1n) is 12.7. The van der Waals surface area contributed by atoms with Crippen molar-refractivity contribution in [2.45, 2.75) is 45.2 Å². The Morgan fingerprint density at radius 1 is 1.00 bits per heavy atom. The van der Waals surface area contributed by atoms with Crippen molar-refractivity contribution in [2.24, 2.45) is 11.8 Å². The molecule has 0 bridgehead atoms. The van der Waals surface area contributed by atoms with Gasteiger partial charge in [0, 0.05) is 37.5 Å². The molecule has 4 amide bonds. The van der Waals surface area contributed by atoms with Crippen LogP contribution in [0.1, 0.15) is 37.3 Å². The fourth-order valence-electron chi connectivity index (χ4n) is 5.12. The topological polar surface area (TPSA) is 86.8 Å². The molecule has 2 aliphatic rings. The Morgan fingerprint density at radius 2 is 1.65 bits per heavy atom. The van der Waals surface area contributed by atoms with Crippen LogP contribution >= 0.6 is 11.6 Å². The molecule has 1 fully saturated rings. The summed E-state index contributed by atoms with van der Waals surface area (Å²) in [6.45, 7) is 2.44. The van der Waals surface area contributed by atoms with Gasteiger partial charge in [0.25, 0.3) is 0 Å². The molecule has 8 heteroatoms. The number of nitrogens with zero attached hydrogens (tertiary/aromatic N) is 2. The highest BCUT2D eigenvalue weighted by atomic mass is 35.5. The van der Waals surface area contributed by atoms with Crippen molar-refractivity contribution in [3.8, 4) is 0 Å². The molecule has 1 aliphatic carbocycles. The fourth-order valence-corrected chi connectivity index (χ4v) is 5.33. The monoisotopic (exact) mass is 521 g/mol. The van der Waals surface area contributed by atoms with Gasteiger partial charge in [-0.1, -0.05) is 66.2 Å². The number of halogens is 1. The van der Waals surface area contributed by atoms with Gasteiger partial charge in [-0.25, -0.2) is 0 Å². The molecule has 194 valence electrons. The molecule has 1 saturated heterocycles. The third-order valence-electron chi connectivity index (χ3n) is 7.01. The largest absolute Gasteiger partial charge is 0.355 e. The molecule has 4 rings (SSSR count). The van der Waals surface area contributed by atoms with Gasteiger partial charge in [0.2, 0.25) is 23.6 Å². The minimum Gasteiger partial charge on any atom is -0.355 e. The second-order valence-corrected chi connectivity index (χ2v) is 9.92. The number of carbonyl (C=O) groups is 4. The Hall–Kier alpha value is -3.45. The van der Waals surface area contributed by atoms with Gasteiger partial charge in [0.15, 0.2) is 0 Å². The van der Waals surface area contributed by atoms with Crippen molar-refractivity contribution < 1.29 is 19.2 Å². The van der Waals surface area contributed by atoms with Crippen molar-refractivity contribution in [3.63, 3.8) is 0 Å². The third kappa shape index (κ3) is 6.28. The highest BCUT2D eigenvalue weighted by Gasteiger charge is 2.47. The van der Waals surface area contributed by atoms with E-state index in [0.29, 0.717) is 30.8 Å². The third-order valence-corrected chi connectivity index (χ3v) is 7.25. The predicted molar refractivity (Wildman–Crippen MR) is 141 cm³/mol. The number of carbonyl (C=O) groups excluding carboxylic acids is 4. The van der Waals surface area contributed by atoms with Gasteiger partial charge in [-0.05, 0) is 43.0 Å². The molecule has 3 atom stereocenters. The zero-order chi connectivity index (χ0) is 26.4. The summed E-state index contributed by atoms with van der Waals surface area (Å²) in [6, 6.07) is 15.9. The second kappa shape index (κ2) is 12.2. The zero-order valence-corrected chi connectivity index (χ0v) is 21.7. The van der Waals surface area contributed by atoms with E-state index in [2.05, 4.69) is 5.32 Å². The van der Waals surface area contributed by atoms with Crippen LogP contribution in [0.2, 0.25) is 5.02 Å². The summed E-state index contributed by atoms with van der Waals surface area (Å²) < 4.78 is 0. The van der Waals surface area contributed by atoms with E-state index >= 15 is 0 Å². The molecule has 0 unspecified atom stereocenters. The molecule has 1 heterocycles. The maximum atomic E-state index is 13.7. The Morgan fingerprint density at radius 3 is 2.27 bits per heavy atom. The fraction of sp³-hybridized carbons (Fsp3) is 0.379. The van der Waals surface area contributed by atoms with Crippen LogP contribution in [0, 0.1) is 11.8 Å². The summed E-state index contributed by atoms with van der Waals surface area (Å²) in [5.74, 6) is -1.66. The van der Waals surface area contributed by atoms with Crippen LogP contribution in [0.3, 0.4) is 0 Å². The van der Waals surface area contributed by atoms with Crippen molar-refractivity contribution in [2.75, 3.05) is 13.1 Å². The van der Waals surface area contributed by atoms with Crippen LogP contribution in [0.25, 0.3) is 0 Å². The first kappa shape index (κ1) is 26.6. The van der Waals surface area contributed by atoms with Gasteiger partial charge < -0.3 is 10.2 Å². The Labute approximate surface area is 222 Å². The molecule has 0 saturated carbocycles. The molecule has 1 N–H and O–H groups in total. The highest BCUT2D eigenvalue weighted by Crippen LogP contribution is 2.35. The average Bonchev–Trinajstić information content (AvgIpc) is 3.14.